The zero-order chi connectivity index (χ0) is 14.1. The van der Waals surface area contributed by atoms with E-state index in [1.165, 1.54) is 17.4 Å². The van der Waals surface area contributed by atoms with E-state index < -0.39 is 0 Å². The van der Waals surface area contributed by atoms with Gasteiger partial charge in [-0.25, -0.2) is 4.39 Å². The van der Waals surface area contributed by atoms with Crippen molar-refractivity contribution in [3.05, 3.63) is 24.0 Å². The molecule has 0 unspecified atom stereocenters. The third kappa shape index (κ3) is 2.40. The fourth-order valence-electron chi connectivity index (χ4n) is 2.87. The number of hydrogen-bond acceptors (Lipinski definition) is 3. The van der Waals surface area contributed by atoms with Gasteiger partial charge in [0.05, 0.1) is 18.7 Å². The summed E-state index contributed by atoms with van der Waals surface area (Å²) in [5.74, 6) is -0.688. The molecule has 1 aromatic carbocycles. The van der Waals surface area contributed by atoms with E-state index in [0.717, 1.165) is 25.9 Å². The monoisotopic (exact) mass is 276 g/mol. The van der Waals surface area contributed by atoms with Crippen LogP contribution in [0.15, 0.2) is 18.2 Å². The SMILES string of the molecule is O=C1CC(=O)N(c2ccc(N3CCCCC3)c(F)c2)C1. The van der Waals surface area contributed by atoms with Crippen LogP contribution in [0.2, 0.25) is 0 Å². The van der Waals surface area contributed by atoms with Crippen molar-refractivity contribution in [1.29, 1.82) is 0 Å². The number of piperidine rings is 1. The van der Waals surface area contributed by atoms with Gasteiger partial charge in [-0.15, -0.1) is 0 Å². The molecule has 0 bridgehead atoms. The number of anilines is 2. The van der Waals surface area contributed by atoms with E-state index in [0.29, 0.717) is 11.4 Å². The first-order valence-corrected chi connectivity index (χ1v) is 7.02. The number of nitrogens with zero attached hydrogens (tertiary/aromatic N) is 2. The molecule has 1 aromatic rings. The van der Waals surface area contributed by atoms with Gasteiger partial charge in [0.25, 0.3) is 0 Å². The highest BCUT2D eigenvalue weighted by atomic mass is 19.1. The third-order valence-electron chi connectivity index (χ3n) is 3.92. The van der Waals surface area contributed by atoms with E-state index in [9.17, 15) is 14.0 Å². The largest absolute Gasteiger partial charge is 0.369 e. The van der Waals surface area contributed by atoms with Crippen molar-refractivity contribution < 1.29 is 14.0 Å². The molecule has 0 saturated carbocycles. The molecule has 0 aliphatic carbocycles. The molecule has 2 aliphatic heterocycles. The van der Waals surface area contributed by atoms with Gasteiger partial charge in [0.15, 0.2) is 5.78 Å². The number of Topliss-reactive ketones (excluding diaryl/α,β-unsaturated/α-hetero) is 1. The van der Waals surface area contributed by atoms with Gasteiger partial charge >= 0.3 is 0 Å². The molecular formula is C15H17FN2O2. The highest BCUT2D eigenvalue weighted by Crippen LogP contribution is 2.28. The van der Waals surface area contributed by atoms with E-state index in [-0.39, 0.29) is 30.5 Å². The van der Waals surface area contributed by atoms with Gasteiger partial charge in [-0.05, 0) is 37.5 Å². The van der Waals surface area contributed by atoms with Crippen LogP contribution in [0, 0.1) is 5.82 Å². The average molecular weight is 276 g/mol. The standard InChI is InChI=1S/C15H17FN2O2/c16-13-8-11(18-10-12(19)9-15(18)20)4-5-14(13)17-6-2-1-3-7-17/h4-5,8H,1-3,6-7,9-10H2. The molecule has 1 amide bonds. The number of ketones is 1. The quantitative estimate of drug-likeness (QED) is 0.777. The number of hydrogen-bond donors (Lipinski definition) is 0. The molecule has 0 N–H and O–H groups in total. The van der Waals surface area contributed by atoms with Crippen LogP contribution in [0.5, 0.6) is 0 Å². The first-order chi connectivity index (χ1) is 9.65. The zero-order valence-corrected chi connectivity index (χ0v) is 11.3. The Kier molecular flexibility index (Phi) is 3.42. The van der Waals surface area contributed by atoms with Crippen LogP contribution in [-0.2, 0) is 9.59 Å². The maximum Gasteiger partial charge on any atom is 0.234 e. The van der Waals surface area contributed by atoms with Crippen LogP contribution in [0.25, 0.3) is 0 Å². The van der Waals surface area contributed by atoms with Gasteiger partial charge in [-0.2, -0.15) is 0 Å². The van der Waals surface area contributed by atoms with Crippen molar-refractivity contribution in [3.63, 3.8) is 0 Å². The lowest BCUT2D eigenvalue weighted by Crippen LogP contribution is -2.30. The first-order valence-electron chi connectivity index (χ1n) is 7.02. The molecule has 5 heteroatoms. The summed E-state index contributed by atoms with van der Waals surface area (Å²) in [6, 6.07) is 4.80. The van der Waals surface area contributed by atoms with Gasteiger partial charge in [0.1, 0.15) is 5.82 Å². The fourth-order valence-corrected chi connectivity index (χ4v) is 2.87. The van der Waals surface area contributed by atoms with Gasteiger partial charge in [0.2, 0.25) is 5.91 Å². The summed E-state index contributed by atoms with van der Waals surface area (Å²) < 4.78 is 14.2. The predicted molar refractivity (Wildman–Crippen MR) is 74.4 cm³/mol. The Morgan fingerprint density at radius 3 is 2.40 bits per heavy atom. The lowest BCUT2D eigenvalue weighted by atomic mass is 10.1. The van der Waals surface area contributed by atoms with Crippen molar-refractivity contribution in [2.24, 2.45) is 0 Å². The molecule has 2 saturated heterocycles. The summed E-state index contributed by atoms with van der Waals surface area (Å²) in [5.41, 5.74) is 1.06. The Hall–Kier alpha value is -1.91. The van der Waals surface area contributed by atoms with Gasteiger partial charge in [0, 0.05) is 18.8 Å². The minimum absolute atomic E-state index is 0.0569. The van der Waals surface area contributed by atoms with E-state index in [4.69, 9.17) is 0 Å². The van der Waals surface area contributed by atoms with Crippen molar-refractivity contribution in [2.45, 2.75) is 25.7 Å². The Labute approximate surface area is 117 Å². The number of carbonyl (C=O) groups excluding carboxylic acids is 2. The van der Waals surface area contributed by atoms with Crippen LogP contribution in [-0.4, -0.2) is 31.3 Å². The highest BCUT2D eigenvalue weighted by molar-refractivity contribution is 6.15. The Balaban J connectivity index is 1.83. The summed E-state index contributed by atoms with van der Waals surface area (Å²) in [5, 5.41) is 0. The van der Waals surface area contributed by atoms with Crippen molar-refractivity contribution in [1.82, 2.24) is 0 Å². The lowest BCUT2D eigenvalue weighted by Gasteiger charge is -2.29. The molecule has 0 aromatic heterocycles. The molecule has 3 rings (SSSR count). The summed E-state index contributed by atoms with van der Waals surface area (Å²) in [6.07, 6.45) is 3.29. The van der Waals surface area contributed by atoms with Gasteiger partial charge in [-0.1, -0.05) is 0 Å². The molecular weight excluding hydrogens is 259 g/mol. The summed E-state index contributed by atoms with van der Waals surface area (Å²) in [4.78, 5) is 26.3. The Morgan fingerprint density at radius 2 is 1.80 bits per heavy atom. The molecule has 0 radical (unpaired) electrons. The van der Waals surface area contributed by atoms with E-state index in [1.54, 1.807) is 12.1 Å². The van der Waals surface area contributed by atoms with E-state index in [2.05, 4.69) is 0 Å². The lowest BCUT2D eigenvalue weighted by molar-refractivity contribution is -0.121. The normalized spacial score (nSPS) is 19.9. The molecule has 4 nitrogen and oxygen atoms in total. The van der Waals surface area contributed by atoms with Crippen molar-refractivity contribution in [2.75, 3.05) is 29.4 Å². The minimum Gasteiger partial charge on any atom is -0.369 e. The molecule has 2 heterocycles. The van der Waals surface area contributed by atoms with Crippen LogP contribution < -0.4 is 9.80 Å². The second-order valence-corrected chi connectivity index (χ2v) is 5.38. The van der Waals surface area contributed by atoms with Crippen molar-refractivity contribution >= 4 is 23.1 Å². The second kappa shape index (κ2) is 5.23. The number of amides is 1. The van der Waals surface area contributed by atoms with Gasteiger partial charge < -0.3 is 9.80 Å². The molecule has 2 fully saturated rings. The third-order valence-corrected chi connectivity index (χ3v) is 3.92. The highest BCUT2D eigenvalue weighted by Gasteiger charge is 2.29. The van der Waals surface area contributed by atoms with Crippen LogP contribution >= 0.6 is 0 Å². The topological polar surface area (TPSA) is 40.6 Å². The summed E-state index contributed by atoms with van der Waals surface area (Å²) in [6.45, 7) is 1.80. The molecule has 106 valence electrons. The van der Waals surface area contributed by atoms with Crippen LogP contribution in [0.3, 0.4) is 0 Å². The molecule has 2 aliphatic rings. The first kappa shape index (κ1) is 13.1. The number of carbonyl (C=O) groups is 2. The summed E-state index contributed by atoms with van der Waals surface area (Å²) >= 11 is 0. The predicted octanol–water partition coefficient (Wildman–Crippen LogP) is 2.12. The Bertz CT molecular complexity index is 553. The van der Waals surface area contributed by atoms with Gasteiger partial charge in [-0.3, -0.25) is 9.59 Å². The second-order valence-electron chi connectivity index (χ2n) is 5.38. The number of benzene rings is 1. The minimum atomic E-state index is -0.323. The maximum atomic E-state index is 14.2. The maximum absolute atomic E-state index is 14.2. The number of rotatable bonds is 2. The van der Waals surface area contributed by atoms with Crippen LogP contribution in [0.4, 0.5) is 15.8 Å². The van der Waals surface area contributed by atoms with E-state index >= 15 is 0 Å². The van der Waals surface area contributed by atoms with Crippen LogP contribution in [0.1, 0.15) is 25.7 Å². The fraction of sp³-hybridized carbons (Fsp3) is 0.467. The Morgan fingerprint density at radius 1 is 1.05 bits per heavy atom. The smallest absolute Gasteiger partial charge is 0.234 e. The van der Waals surface area contributed by atoms with Crippen molar-refractivity contribution in [3.8, 4) is 0 Å². The summed E-state index contributed by atoms with van der Waals surface area (Å²) in [7, 11) is 0. The molecule has 20 heavy (non-hydrogen) atoms. The zero-order valence-electron chi connectivity index (χ0n) is 11.3. The molecule has 0 spiro atoms. The number of halogens is 1. The average Bonchev–Trinajstić information content (AvgIpc) is 2.78. The molecule has 0 atom stereocenters. The van der Waals surface area contributed by atoms with E-state index in [1.807, 2.05) is 4.90 Å².